The van der Waals surface area contributed by atoms with Gasteiger partial charge in [0.05, 0.1) is 5.69 Å². The summed E-state index contributed by atoms with van der Waals surface area (Å²) in [5, 5.41) is 4.30. The Balaban J connectivity index is 1.42. The van der Waals surface area contributed by atoms with Gasteiger partial charge in [-0.3, -0.25) is 9.59 Å². The van der Waals surface area contributed by atoms with Crippen LogP contribution < -0.4 is 5.73 Å². The molecule has 26 heavy (non-hydrogen) atoms. The molecule has 2 aliphatic heterocycles. The molecule has 7 nitrogen and oxygen atoms in total. The van der Waals surface area contributed by atoms with Crippen molar-refractivity contribution in [3.8, 4) is 0 Å². The average Bonchev–Trinajstić information content (AvgIpc) is 3.36. The van der Waals surface area contributed by atoms with E-state index < -0.39 is 0 Å². The summed E-state index contributed by atoms with van der Waals surface area (Å²) >= 11 is 0. The van der Waals surface area contributed by atoms with Crippen molar-refractivity contribution in [2.24, 2.45) is 11.3 Å². The lowest BCUT2D eigenvalue weighted by molar-refractivity contribution is -0.143. The first-order valence-electron chi connectivity index (χ1n) is 9.80. The van der Waals surface area contributed by atoms with E-state index >= 15 is 0 Å². The van der Waals surface area contributed by atoms with Crippen molar-refractivity contribution in [2.45, 2.75) is 52.0 Å². The van der Waals surface area contributed by atoms with Gasteiger partial charge in [0.2, 0.25) is 11.8 Å². The van der Waals surface area contributed by atoms with Crippen molar-refractivity contribution in [1.82, 2.24) is 19.6 Å². The number of anilines is 1. The molecule has 1 atom stereocenters. The Hall–Kier alpha value is -2.05. The second-order valence-electron chi connectivity index (χ2n) is 8.50. The maximum Gasteiger partial charge on any atom is 0.244 e. The van der Waals surface area contributed by atoms with Crippen LogP contribution in [0.1, 0.15) is 44.2 Å². The molecule has 2 amide bonds. The van der Waals surface area contributed by atoms with Crippen LogP contribution in [0.4, 0.5) is 5.82 Å². The van der Waals surface area contributed by atoms with Crippen LogP contribution in [0.2, 0.25) is 0 Å². The van der Waals surface area contributed by atoms with Crippen LogP contribution >= 0.6 is 0 Å². The fourth-order valence-corrected chi connectivity index (χ4v) is 4.55. The van der Waals surface area contributed by atoms with Crippen LogP contribution in [-0.4, -0.2) is 57.6 Å². The monoisotopic (exact) mass is 359 g/mol. The number of aromatic nitrogens is 2. The Kier molecular flexibility index (Phi) is 4.40. The molecule has 1 spiro atoms. The molecule has 1 saturated carbocycles. The topological polar surface area (TPSA) is 84.5 Å². The van der Waals surface area contributed by atoms with E-state index in [9.17, 15) is 9.59 Å². The molecule has 7 heteroatoms. The van der Waals surface area contributed by atoms with Crippen LogP contribution in [0.3, 0.4) is 0 Å². The molecule has 0 radical (unpaired) electrons. The highest BCUT2D eigenvalue weighted by molar-refractivity contribution is 5.78. The van der Waals surface area contributed by atoms with Crippen molar-refractivity contribution in [2.75, 3.05) is 31.9 Å². The number of amides is 2. The number of aryl methyl sites for hydroxylation is 1. The summed E-state index contributed by atoms with van der Waals surface area (Å²) in [5.74, 6) is 1.61. The average molecular weight is 359 g/mol. The minimum atomic E-state index is 0.0717. The fourth-order valence-electron chi connectivity index (χ4n) is 4.55. The summed E-state index contributed by atoms with van der Waals surface area (Å²) in [6.45, 7) is 5.34. The van der Waals surface area contributed by atoms with Crippen LogP contribution in [0.15, 0.2) is 6.07 Å². The Morgan fingerprint density at radius 2 is 2.15 bits per heavy atom. The number of nitrogens with zero attached hydrogens (tertiary/aromatic N) is 4. The number of hydrogen-bond acceptors (Lipinski definition) is 4. The van der Waals surface area contributed by atoms with Crippen molar-refractivity contribution >= 4 is 17.6 Å². The second-order valence-corrected chi connectivity index (χ2v) is 8.50. The summed E-state index contributed by atoms with van der Waals surface area (Å²) in [6, 6.07) is 1.79. The third kappa shape index (κ3) is 3.57. The molecule has 3 aliphatic rings. The van der Waals surface area contributed by atoms with Crippen LogP contribution in [0.5, 0.6) is 0 Å². The van der Waals surface area contributed by atoms with Gasteiger partial charge in [0, 0.05) is 44.1 Å². The Labute approximate surface area is 154 Å². The highest BCUT2D eigenvalue weighted by atomic mass is 16.2. The molecule has 1 aliphatic carbocycles. The van der Waals surface area contributed by atoms with Gasteiger partial charge in [0.1, 0.15) is 12.4 Å². The van der Waals surface area contributed by atoms with Crippen molar-refractivity contribution in [3.05, 3.63) is 11.8 Å². The molecule has 0 aromatic carbocycles. The summed E-state index contributed by atoms with van der Waals surface area (Å²) in [4.78, 5) is 29.2. The molecule has 142 valence electrons. The van der Waals surface area contributed by atoms with E-state index in [1.54, 1.807) is 10.7 Å². The number of likely N-dealkylation sites (tertiary alicyclic amines) is 2. The summed E-state index contributed by atoms with van der Waals surface area (Å²) in [5.41, 5.74) is 6.82. The van der Waals surface area contributed by atoms with Gasteiger partial charge in [-0.15, -0.1) is 0 Å². The molecule has 3 heterocycles. The fraction of sp³-hybridized carbons (Fsp3) is 0.737. The predicted molar refractivity (Wildman–Crippen MR) is 98.2 cm³/mol. The molecule has 0 unspecified atom stereocenters. The molecule has 4 rings (SSSR count). The van der Waals surface area contributed by atoms with E-state index in [1.807, 2.05) is 11.8 Å². The third-order valence-electron chi connectivity index (χ3n) is 6.16. The van der Waals surface area contributed by atoms with Gasteiger partial charge < -0.3 is 15.5 Å². The van der Waals surface area contributed by atoms with Gasteiger partial charge in [0.25, 0.3) is 0 Å². The first kappa shape index (κ1) is 17.4. The van der Waals surface area contributed by atoms with Crippen LogP contribution in [0.25, 0.3) is 0 Å². The molecule has 1 aromatic heterocycles. The van der Waals surface area contributed by atoms with E-state index in [-0.39, 0.29) is 17.9 Å². The third-order valence-corrected chi connectivity index (χ3v) is 6.16. The van der Waals surface area contributed by atoms with Crippen LogP contribution in [0, 0.1) is 18.3 Å². The van der Waals surface area contributed by atoms with E-state index in [0.29, 0.717) is 24.1 Å². The normalized spacial score (nSPS) is 26.6. The van der Waals surface area contributed by atoms with Gasteiger partial charge >= 0.3 is 0 Å². The van der Waals surface area contributed by atoms with Gasteiger partial charge in [0.15, 0.2) is 0 Å². The number of nitrogen functional groups attached to an aromatic ring is 1. The Morgan fingerprint density at radius 1 is 1.35 bits per heavy atom. The number of hydrogen-bond donors (Lipinski definition) is 1. The van der Waals surface area contributed by atoms with Gasteiger partial charge in [-0.2, -0.15) is 5.10 Å². The number of piperidine rings is 2. The number of carbonyl (C=O) groups excluding carboxylic acids is 2. The Bertz CT molecular complexity index is 711. The predicted octanol–water partition coefficient (Wildman–Crippen LogP) is 1.41. The second kappa shape index (κ2) is 6.59. The zero-order valence-corrected chi connectivity index (χ0v) is 15.6. The minimum absolute atomic E-state index is 0.0717. The van der Waals surface area contributed by atoms with Gasteiger partial charge in [-0.25, -0.2) is 4.68 Å². The van der Waals surface area contributed by atoms with E-state index in [2.05, 4.69) is 10.00 Å². The largest absolute Gasteiger partial charge is 0.384 e. The smallest absolute Gasteiger partial charge is 0.244 e. The minimum Gasteiger partial charge on any atom is -0.384 e. The maximum atomic E-state index is 12.8. The van der Waals surface area contributed by atoms with E-state index in [0.717, 1.165) is 51.1 Å². The zero-order chi connectivity index (χ0) is 18.3. The molecular formula is C19H29N5O2. The van der Waals surface area contributed by atoms with Crippen molar-refractivity contribution in [3.63, 3.8) is 0 Å². The summed E-state index contributed by atoms with van der Waals surface area (Å²) < 4.78 is 1.59. The Morgan fingerprint density at radius 3 is 2.85 bits per heavy atom. The zero-order valence-electron chi connectivity index (χ0n) is 15.6. The first-order valence-corrected chi connectivity index (χ1v) is 9.80. The van der Waals surface area contributed by atoms with Crippen molar-refractivity contribution < 1.29 is 9.59 Å². The van der Waals surface area contributed by atoms with Gasteiger partial charge in [-0.05, 0) is 44.9 Å². The number of nitrogens with two attached hydrogens (primary N) is 1. The lowest BCUT2D eigenvalue weighted by Gasteiger charge is -2.48. The highest BCUT2D eigenvalue weighted by Gasteiger charge is 2.43. The summed E-state index contributed by atoms with van der Waals surface area (Å²) in [7, 11) is 0. The molecule has 1 aromatic rings. The SMILES string of the molecule is Cc1cc(N)n(CC(=O)N2CCC[C@@]3(CCC(=O)N(CC4CC4)C3)C2)n1. The highest BCUT2D eigenvalue weighted by Crippen LogP contribution is 2.40. The lowest BCUT2D eigenvalue weighted by Crippen LogP contribution is -2.55. The number of carbonyl (C=O) groups is 2. The molecule has 0 bridgehead atoms. The van der Waals surface area contributed by atoms with E-state index in [4.69, 9.17) is 5.73 Å². The van der Waals surface area contributed by atoms with Crippen LogP contribution in [-0.2, 0) is 16.1 Å². The molecule has 2 saturated heterocycles. The lowest BCUT2D eigenvalue weighted by atomic mass is 9.73. The molecule has 3 fully saturated rings. The van der Waals surface area contributed by atoms with Gasteiger partial charge in [-0.1, -0.05) is 0 Å². The number of rotatable bonds is 4. The van der Waals surface area contributed by atoms with Crippen molar-refractivity contribution in [1.29, 1.82) is 0 Å². The first-order chi connectivity index (χ1) is 12.4. The standard InChI is InChI=1S/C19H29N5O2/c1-14-9-16(20)24(21-14)11-18(26)22-8-2-6-19(12-22)7-5-17(25)23(13-19)10-15-3-4-15/h9,15H,2-8,10-13,20H2,1H3/t19-/m1/s1. The van der Waals surface area contributed by atoms with E-state index in [1.165, 1.54) is 12.8 Å². The maximum absolute atomic E-state index is 12.8. The quantitative estimate of drug-likeness (QED) is 0.881. The summed E-state index contributed by atoms with van der Waals surface area (Å²) in [6.07, 6.45) is 6.15. The molecule has 2 N–H and O–H groups in total. The molecular weight excluding hydrogens is 330 g/mol.